The number of aliphatic carboxylic acids is 3. The van der Waals surface area contributed by atoms with Gasteiger partial charge >= 0.3 is 17.9 Å². The van der Waals surface area contributed by atoms with Crippen LogP contribution in [0.4, 0.5) is 0 Å². The molecule has 0 aliphatic heterocycles. The molecule has 0 radical (unpaired) electrons. The molecule has 8 nitrogen and oxygen atoms in total. The minimum atomic E-state index is -1.11. The fourth-order valence-electron chi connectivity index (χ4n) is 2.78. The largest absolute Gasteiger partial charge is 0.481 e. The first-order chi connectivity index (χ1) is 11.9. The second kappa shape index (κ2) is 8.29. The zero-order chi connectivity index (χ0) is 18.4. The maximum Gasteiger partial charge on any atom is 0.321 e. The fourth-order valence-corrected chi connectivity index (χ4v) is 2.78. The predicted molar refractivity (Wildman–Crippen MR) is 89.5 cm³/mol. The molecule has 0 aliphatic carbocycles. The fraction of sp³-hybridized carbons (Fsp3) is 0.353. The molecule has 1 atom stereocenters. The Balaban J connectivity index is 2.23. The van der Waals surface area contributed by atoms with Crippen LogP contribution in [0.5, 0.6) is 0 Å². The summed E-state index contributed by atoms with van der Waals surface area (Å²) in [7, 11) is 0. The molecule has 1 heterocycles. The maximum absolute atomic E-state index is 11.7. The van der Waals surface area contributed by atoms with Crippen molar-refractivity contribution in [3.05, 3.63) is 36.0 Å². The molecule has 0 aliphatic rings. The number of H-pyrrole nitrogens is 1. The van der Waals surface area contributed by atoms with Crippen molar-refractivity contribution in [1.29, 1.82) is 0 Å². The third kappa shape index (κ3) is 5.05. The van der Waals surface area contributed by atoms with Gasteiger partial charge < -0.3 is 20.3 Å². The van der Waals surface area contributed by atoms with Gasteiger partial charge in [0.05, 0.1) is 12.8 Å². The normalized spacial score (nSPS) is 12.4. The summed E-state index contributed by atoms with van der Waals surface area (Å²) < 4.78 is 0. The molecule has 8 heteroatoms. The van der Waals surface area contributed by atoms with E-state index in [1.807, 2.05) is 24.3 Å². The number of rotatable bonds is 10. The standard InChI is InChI=1S/C17H20N2O6/c20-15(21)5-7-19(8-6-16(22)23)14(17(24)25)9-11-10-18-13-4-2-1-3-12(11)13/h1-4,10,14,18H,5-9H2,(H,20,21)(H,22,23)(H,24,25)/t14-/m0/s1. The van der Waals surface area contributed by atoms with Crippen molar-refractivity contribution in [2.45, 2.75) is 25.3 Å². The molecule has 2 rings (SSSR count). The molecule has 134 valence electrons. The van der Waals surface area contributed by atoms with Crippen LogP contribution in [0.25, 0.3) is 10.9 Å². The second-order valence-electron chi connectivity index (χ2n) is 5.74. The molecule has 2 aromatic rings. The highest BCUT2D eigenvalue weighted by atomic mass is 16.4. The van der Waals surface area contributed by atoms with E-state index in [2.05, 4.69) is 4.98 Å². The van der Waals surface area contributed by atoms with Crippen LogP contribution in [0, 0.1) is 0 Å². The van der Waals surface area contributed by atoms with Crippen molar-refractivity contribution in [3.8, 4) is 0 Å². The molecule has 0 amide bonds. The average molecular weight is 348 g/mol. The van der Waals surface area contributed by atoms with Gasteiger partial charge in [-0.3, -0.25) is 19.3 Å². The zero-order valence-corrected chi connectivity index (χ0v) is 13.5. The molecule has 4 N–H and O–H groups in total. The SMILES string of the molecule is O=C(O)CCN(CCC(=O)O)[C@@H](Cc1c[nH]c2ccccc12)C(=O)O. The summed E-state index contributed by atoms with van der Waals surface area (Å²) >= 11 is 0. The highest BCUT2D eigenvalue weighted by Gasteiger charge is 2.27. The van der Waals surface area contributed by atoms with E-state index in [-0.39, 0.29) is 32.4 Å². The van der Waals surface area contributed by atoms with Gasteiger partial charge in [-0.15, -0.1) is 0 Å². The lowest BCUT2D eigenvalue weighted by molar-refractivity contribution is -0.146. The smallest absolute Gasteiger partial charge is 0.321 e. The van der Waals surface area contributed by atoms with Gasteiger partial charge in [0, 0.05) is 36.6 Å². The molecule has 25 heavy (non-hydrogen) atoms. The molecule has 0 saturated carbocycles. The monoisotopic (exact) mass is 348 g/mol. The first-order valence-corrected chi connectivity index (χ1v) is 7.84. The van der Waals surface area contributed by atoms with E-state index >= 15 is 0 Å². The quantitative estimate of drug-likeness (QED) is 0.510. The van der Waals surface area contributed by atoms with E-state index in [1.54, 1.807) is 6.20 Å². The van der Waals surface area contributed by atoms with E-state index in [1.165, 1.54) is 4.90 Å². The summed E-state index contributed by atoms with van der Waals surface area (Å²) in [5.74, 6) is -3.23. The number of para-hydroxylation sites is 1. The number of fused-ring (bicyclic) bond motifs is 1. The van der Waals surface area contributed by atoms with Crippen LogP contribution >= 0.6 is 0 Å². The molecular formula is C17H20N2O6. The first-order valence-electron chi connectivity index (χ1n) is 7.84. The molecule has 0 unspecified atom stereocenters. The second-order valence-corrected chi connectivity index (χ2v) is 5.74. The minimum absolute atomic E-state index is 0.0259. The molecule has 1 aromatic heterocycles. The highest BCUT2D eigenvalue weighted by molar-refractivity contribution is 5.84. The Morgan fingerprint density at radius 1 is 1.00 bits per heavy atom. The number of hydrogen-bond donors (Lipinski definition) is 4. The Labute approximate surface area is 143 Å². The average Bonchev–Trinajstić information content (AvgIpc) is 2.96. The van der Waals surface area contributed by atoms with Crippen LogP contribution in [0.2, 0.25) is 0 Å². The third-order valence-corrected chi connectivity index (χ3v) is 4.04. The Morgan fingerprint density at radius 2 is 1.60 bits per heavy atom. The summed E-state index contributed by atoms with van der Waals surface area (Å²) in [6.45, 7) is -0.0517. The number of nitrogens with one attached hydrogen (secondary N) is 1. The number of nitrogens with zero attached hydrogens (tertiary/aromatic N) is 1. The van der Waals surface area contributed by atoms with Crippen molar-refractivity contribution in [3.63, 3.8) is 0 Å². The van der Waals surface area contributed by atoms with Crippen molar-refractivity contribution in [2.24, 2.45) is 0 Å². The molecule has 0 fully saturated rings. The number of benzene rings is 1. The minimum Gasteiger partial charge on any atom is -0.481 e. The van der Waals surface area contributed by atoms with Crippen LogP contribution in [-0.4, -0.2) is 62.2 Å². The zero-order valence-electron chi connectivity index (χ0n) is 13.5. The van der Waals surface area contributed by atoms with Crippen LogP contribution in [-0.2, 0) is 20.8 Å². The van der Waals surface area contributed by atoms with Gasteiger partial charge in [0.25, 0.3) is 0 Å². The molecule has 0 spiro atoms. The molecule has 1 aromatic carbocycles. The van der Waals surface area contributed by atoms with Crippen LogP contribution < -0.4 is 0 Å². The lowest BCUT2D eigenvalue weighted by Gasteiger charge is -2.27. The van der Waals surface area contributed by atoms with Crippen LogP contribution in [0.15, 0.2) is 30.5 Å². The van der Waals surface area contributed by atoms with E-state index in [9.17, 15) is 19.5 Å². The van der Waals surface area contributed by atoms with Crippen LogP contribution in [0.3, 0.4) is 0 Å². The van der Waals surface area contributed by atoms with Crippen LogP contribution in [0.1, 0.15) is 18.4 Å². The van der Waals surface area contributed by atoms with Gasteiger partial charge in [0.15, 0.2) is 0 Å². The topological polar surface area (TPSA) is 131 Å². The Hall–Kier alpha value is -2.87. The van der Waals surface area contributed by atoms with Crippen molar-refractivity contribution < 1.29 is 29.7 Å². The summed E-state index contributed by atoms with van der Waals surface area (Å²) in [5.41, 5.74) is 1.67. The van der Waals surface area contributed by atoms with Crippen molar-refractivity contribution >= 4 is 28.8 Å². The summed E-state index contributed by atoms with van der Waals surface area (Å²) in [4.78, 5) is 37.9. The lowest BCUT2D eigenvalue weighted by Crippen LogP contribution is -2.44. The first kappa shape index (κ1) is 18.5. The Bertz CT molecular complexity index is 751. The maximum atomic E-state index is 11.7. The number of aromatic amines is 1. The Morgan fingerprint density at radius 3 is 2.16 bits per heavy atom. The third-order valence-electron chi connectivity index (χ3n) is 4.04. The van der Waals surface area contributed by atoms with Gasteiger partial charge in [-0.2, -0.15) is 0 Å². The van der Waals surface area contributed by atoms with E-state index in [0.717, 1.165) is 16.5 Å². The van der Waals surface area contributed by atoms with Gasteiger partial charge in [-0.25, -0.2) is 0 Å². The van der Waals surface area contributed by atoms with Gasteiger partial charge in [0.1, 0.15) is 6.04 Å². The summed E-state index contributed by atoms with van der Waals surface area (Å²) in [5, 5.41) is 28.2. The summed E-state index contributed by atoms with van der Waals surface area (Å²) in [6, 6.07) is 6.46. The molecule has 0 saturated heterocycles. The number of carbonyl (C=O) groups is 3. The number of aromatic nitrogens is 1. The Kier molecular flexibility index (Phi) is 6.13. The highest BCUT2D eigenvalue weighted by Crippen LogP contribution is 2.21. The number of carboxylic acids is 3. The predicted octanol–water partition coefficient (Wildman–Crippen LogP) is 1.41. The van der Waals surface area contributed by atoms with Gasteiger partial charge in [-0.1, -0.05) is 18.2 Å². The number of hydrogen-bond acceptors (Lipinski definition) is 4. The van der Waals surface area contributed by atoms with Gasteiger partial charge in [0.2, 0.25) is 0 Å². The summed E-state index contributed by atoms with van der Waals surface area (Å²) in [6.07, 6.45) is 1.38. The molecular weight excluding hydrogens is 328 g/mol. The van der Waals surface area contributed by atoms with Crippen molar-refractivity contribution in [1.82, 2.24) is 9.88 Å². The molecule has 0 bridgehead atoms. The van der Waals surface area contributed by atoms with Gasteiger partial charge in [-0.05, 0) is 11.6 Å². The van der Waals surface area contributed by atoms with Crippen molar-refractivity contribution in [2.75, 3.05) is 13.1 Å². The van der Waals surface area contributed by atoms with E-state index in [0.29, 0.717) is 0 Å². The number of carboxylic acid groups (broad SMARTS) is 3. The lowest BCUT2D eigenvalue weighted by atomic mass is 10.0. The van der Waals surface area contributed by atoms with E-state index in [4.69, 9.17) is 10.2 Å². The van der Waals surface area contributed by atoms with E-state index < -0.39 is 23.9 Å².